The summed E-state index contributed by atoms with van der Waals surface area (Å²) in [6, 6.07) is 4.64. The van der Waals surface area contributed by atoms with Crippen molar-refractivity contribution >= 4 is 0 Å². The zero-order valence-electron chi connectivity index (χ0n) is 11.0. The second kappa shape index (κ2) is 6.52. The van der Waals surface area contributed by atoms with Crippen molar-refractivity contribution in [2.75, 3.05) is 0 Å². The van der Waals surface area contributed by atoms with Crippen LogP contribution in [0.25, 0.3) is 0 Å². The van der Waals surface area contributed by atoms with Crippen LogP contribution in [0.5, 0.6) is 0 Å². The monoisotopic (exact) mass is 216 g/mol. The molecule has 0 aliphatic carbocycles. The standard InChI is InChI=1S/C16H24/c1-5-9-10-14-12-11-13(6-2)15(7-3)16(14)8-4/h5,11-12H,1,6-10H2,2-4H3. The summed E-state index contributed by atoms with van der Waals surface area (Å²) in [6.45, 7) is 10.6. The molecule has 0 bridgehead atoms. The van der Waals surface area contributed by atoms with Crippen molar-refractivity contribution in [1.29, 1.82) is 0 Å². The van der Waals surface area contributed by atoms with Crippen molar-refractivity contribution < 1.29 is 0 Å². The molecule has 0 N–H and O–H groups in total. The molecule has 0 heteroatoms. The lowest BCUT2D eigenvalue weighted by Gasteiger charge is -2.16. The zero-order chi connectivity index (χ0) is 12.0. The molecule has 1 aromatic rings. The van der Waals surface area contributed by atoms with Crippen LogP contribution >= 0.6 is 0 Å². The lowest BCUT2D eigenvalue weighted by atomic mass is 9.90. The van der Waals surface area contributed by atoms with Gasteiger partial charge in [-0.2, -0.15) is 0 Å². The molecule has 88 valence electrons. The molecule has 0 amide bonds. The number of benzene rings is 1. The summed E-state index contributed by atoms with van der Waals surface area (Å²) in [5.74, 6) is 0. The average Bonchev–Trinajstić information content (AvgIpc) is 2.34. The first-order chi connectivity index (χ1) is 7.78. The van der Waals surface area contributed by atoms with Gasteiger partial charge in [-0.05, 0) is 54.4 Å². The van der Waals surface area contributed by atoms with Gasteiger partial charge in [0.15, 0.2) is 0 Å². The van der Waals surface area contributed by atoms with E-state index in [9.17, 15) is 0 Å². The van der Waals surface area contributed by atoms with E-state index >= 15 is 0 Å². The third-order valence-corrected chi connectivity index (χ3v) is 3.33. The SMILES string of the molecule is C=CCCc1ccc(CC)c(CC)c1CC. The maximum atomic E-state index is 3.81. The van der Waals surface area contributed by atoms with Gasteiger partial charge in [-0.3, -0.25) is 0 Å². The Morgan fingerprint density at radius 3 is 2.00 bits per heavy atom. The minimum absolute atomic E-state index is 1.08. The summed E-state index contributed by atoms with van der Waals surface area (Å²) in [6.07, 6.45) is 7.71. The van der Waals surface area contributed by atoms with E-state index in [1.54, 1.807) is 11.1 Å². The Morgan fingerprint density at radius 1 is 0.938 bits per heavy atom. The van der Waals surface area contributed by atoms with Gasteiger partial charge in [0.25, 0.3) is 0 Å². The first-order valence-corrected chi connectivity index (χ1v) is 6.51. The summed E-state index contributed by atoms with van der Waals surface area (Å²) >= 11 is 0. The molecule has 0 nitrogen and oxygen atoms in total. The van der Waals surface area contributed by atoms with Crippen LogP contribution in [0, 0.1) is 0 Å². The van der Waals surface area contributed by atoms with E-state index in [1.807, 2.05) is 6.08 Å². The van der Waals surface area contributed by atoms with Gasteiger partial charge in [0.2, 0.25) is 0 Å². The molecule has 0 unspecified atom stereocenters. The van der Waals surface area contributed by atoms with Crippen molar-refractivity contribution in [2.24, 2.45) is 0 Å². The van der Waals surface area contributed by atoms with Gasteiger partial charge >= 0.3 is 0 Å². The number of hydrogen-bond donors (Lipinski definition) is 0. The van der Waals surface area contributed by atoms with Gasteiger partial charge in [0.05, 0.1) is 0 Å². The Hall–Kier alpha value is -1.04. The predicted molar refractivity (Wildman–Crippen MR) is 73.1 cm³/mol. The highest BCUT2D eigenvalue weighted by atomic mass is 14.1. The summed E-state index contributed by atoms with van der Waals surface area (Å²) in [7, 11) is 0. The Labute approximate surface area is 100 Å². The van der Waals surface area contributed by atoms with Crippen molar-refractivity contribution in [1.82, 2.24) is 0 Å². The van der Waals surface area contributed by atoms with E-state index in [0.717, 1.165) is 32.1 Å². The van der Waals surface area contributed by atoms with Crippen LogP contribution in [-0.4, -0.2) is 0 Å². The maximum Gasteiger partial charge on any atom is -0.0241 e. The second-order valence-corrected chi connectivity index (χ2v) is 4.23. The van der Waals surface area contributed by atoms with Gasteiger partial charge in [-0.15, -0.1) is 6.58 Å². The summed E-state index contributed by atoms with van der Waals surface area (Å²) in [5, 5.41) is 0. The molecule has 0 aliphatic heterocycles. The van der Waals surface area contributed by atoms with Gasteiger partial charge < -0.3 is 0 Å². The van der Waals surface area contributed by atoms with Gasteiger partial charge in [-0.1, -0.05) is 39.0 Å². The van der Waals surface area contributed by atoms with Gasteiger partial charge in [0, 0.05) is 0 Å². The van der Waals surface area contributed by atoms with Crippen LogP contribution in [0.2, 0.25) is 0 Å². The molecule has 0 aliphatic rings. The molecule has 1 aromatic carbocycles. The van der Waals surface area contributed by atoms with E-state index in [2.05, 4.69) is 39.5 Å². The largest absolute Gasteiger partial charge is 0.103 e. The first kappa shape index (κ1) is 13.0. The van der Waals surface area contributed by atoms with Crippen LogP contribution in [0.4, 0.5) is 0 Å². The quantitative estimate of drug-likeness (QED) is 0.614. The second-order valence-electron chi connectivity index (χ2n) is 4.23. The molecule has 0 saturated carbocycles. The Morgan fingerprint density at radius 2 is 1.50 bits per heavy atom. The molecule has 1 rings (SSSR count). The lowest BCUT2D eigenvalue weighted by molar-refractivity contribution is 0.916. The highest BCUT2D eigenvalue weighted by Gasteiger charge is 2.08. The minimum Gasteiger partial charge on any atom is -0.103 e. The van der Waals surface area contributed by atoms with E-state index in [-0.39, 0.29) is 0 Å². The number of rotatable bonds is 6. The van der Waals surface area contributed by atoms with E-state index < -0.39 is 0 Å². The summed E-state index contributed by atoms with van der Waals surface area (Å²) in [5.41, 5.74) is 6.23. The molecule has 0 atom stereocenters. The maximum absolute atomic E-state index is 3.81. The topological polar surface area (TPSA) is 0 Å². The van der Waals surface area contributed by atoms with Crippen molar-refractivity contribution in [3.63, 3.8) is 0 Å². The van der Waals surface area contributed by atoms with Crippen LogP contribution in [-0.2, 0) is 25.7 Å². The molecular formula is C16H24. The Kier molecular flexibility index (Phi) is 5.31. The van der Waals surface area contributed by atoms with Gasteiger partial charge in [0.1, 0.15) is 0 Å². The highest BCUT2D eigenvalue weighted by Crippen LogP contribution is 2.22. The van der Waals surface area contributed by atoms with Crippen LogP contribution in [0.1, 0.15) is 49.4 Å². The molecule has 0 fully saturated rings. The molecule has 0 aromatic heterocycles. The fraction of sp³-hybridized carbons (Fsp3) is 0.500. The van der Waals surface area contributed by atoms with E-state index in [0.29, 0.717) is 0 Å². The Balaban J connectivity index is 3.14. The number of allylic oxidation sites excluding steroid dienone is 1. The smallest absolute Gasteiger partial charge is 0.0241 e. The van der Waals surface area contributed by atoms with Crippen molar-refractivity contribution in [3.05, 3.63) is 47.0 Å². The Bertz CT molecular complexity index is 347. The summed E-state index contributed by atoms with van der Waals surface area (Å²) in [4.78, 5) is 0. The first-order valence-electron chi connectivity index (χ1n) is 6.51. The van der Waals surface area contributed by atoms with Crippen LogP contribution < -0.4 is 0 Å². The fourth-order valence-electron chi connectivity index (χ4n) is 2.49. The lowest BCUT2D eigenvalue weighted by Crippen LogP contribution is -2.02. The third-order valence-electron chi connectivity index (χ3n) is 3.33. The molecule has 0 spiro atoms. The van der Waals surface area contributed by atoms with Crippen molar-refractivity contribution in [3.8, 4) is 0 Å². The van der Waals surface area contributed by atoms with Crippen molar-refractivity contribution in [2.45, 2.75) is 52.9 Å². The van der Waals surface area contributed by atoms with Crippen LogP contribution in [0.3, 0.4) is 0 Å². The highest BCUT2D eigenvalue weighted by molar-refractivity contribution is 5.41. The number of hydrogen-bond acceptors (Lipinski definition) is 0. The molecule has 0 heterocycles. The molecule has 0 radical (unpaired) electrons. The molecular weight excluding hydrogens is 192 g/mol. The zero-order valence-corrected chi connectivity index (χ0v) is 11.0. The fourth-order valence-corrected chi connectivity index (χ4v) is 2.49. The van der Waals surface area contributed by atoms with E-state index in [4.69, 9.17) is 0 Å². The molecule has 0 saturated heterocycles. The van der Waals surface area contributed by atoms with Crippen LogP contribution in [0.15, 0.2) is 24.8 Å². The van der Waals surface area contributed by atoms with E-state index in [1.165, 1.54) is 11.1 Å². The predicted octanol–water partition coefficient (Wildman–Crippen LogP) is 4.49. The minimum atomic E-state index is 1.08. The van der Waals surface area contributed by atoms with Gasteiger partial charge in [-0.25, -0.2) is 0 Å². The number of aryl methyl sites for hydroxylation is 2. The third kappa shape index (κ3) is 2.75. The molecule has 16 heavy (non-hydrogen) atoms. The summed E-state index contributed by atoms with van der Waals surface area (Å²) < 4.78 is 0. The average molecular weight is 216 g/mol. The normalized spacial score (nSPS) is 10.4.